The van der Waals surface area contributed by atoms with Crippen molar-refractivity contribution in [2.45, 2.75) is 0 Å². The summed E-state index contributed by atoms with van der Waals surface area (Å²) in [6.07, 6.45) is 1.37. The van der Waals surface area contributed by atoms with Gasteiger partial charge >= 0.3 is 5.69 Å². The van der Waals surface area contributed by atoms with Crippen LogP contribution in [0.3, 0.4) is 0 Å². The number of rotatable bonds is 3. The molecule has 0 aliphatic carbocycles. The third kappa shape index (κ3) is 2.34. The van der Waals surface area contributed by atoms with E-state index in [1.807, 2.05) is 30.3 Å². The number of benzene rings is 1. The van der Waals surface area contributed by atoms with Gasteiger partial charge < -0.3 is 11.1 Å². The predicted molar refractivity (Wildman–Crippen MR) is 73.9 cm³/mol. The van der Waals surface area contributed by atoms with E-state index in [0.717, 1.165) is 5.69 Å². The molecule has 1 aromatic carbocycles. The summed E-state index contributed by atoms with van der Waals surface area (Å²) < 4.78 is 1.33. The van der Waals surface area contributed by atoms with E-state index in [-0.39, 0.29) is 5.95 Å². The highest BCUT2D eigenvalue weighted by Crippen LogP contribution is 2.15. The van der Waals surface area contributed by atoms with Crippen LogP contribution in [0.5, 0.6) is 0 Å². The first-order valence-corrected chi connectivity index (χ1v) is 5.83. The second-order valence-corrected chi connectivity index (χ2v) is 3.96. The fourth-order valence-electron chi connectivity index (χ4n) is 1.69. The summed E-state index contributed by atoms with van der Waals surface area (Å²) in [5.74, 6) is 0.896. The Labute approximate surface area is 113 Å². The molecule has 8 heteroatoms. The lowest BCUT2D eigenvalue weighted by molar-refractivity contribution is 0.840. The third-order valence-corrected chi connectivity index (χ3v) is 2.55. The number of para-hydroxylation sites is 1. The number of nitrogen functional groups attached to an aromatic ring is 1. The summed E-state index contributed by atoms with van der Waals surface area (Å²) in [4.78, 5) is 21.3. The molecule has 0 aliphatic heterocycles. The highest BCUT2D eigenvalue weighted by atomic mass is 16.1. The normalized spacial score (nSPS) is 10.4. The van der Waals surface area contributed by atoms with E-state index in [1.165, 1.54) is 10.9 Å². The molecule has 0 amide bonds. The summed E-state index contributed by atoms with van der Waals surface area (Å²) >= 11 is 0. The first-order chi connectivity index (χ1) is 9.72. The molecule has 100 valence electrons. The zero-order chi connectivity index (χ0) is 13.9. The zero-order valence-electron chi connectivity index (χ0n) is 10.3. The monoisotopic (exact) mass is 269 g/mol. The van der Waals surface area contributed by atoms with E-state index in [1.54, 1.807) is 6.07 Å². The number of aromatic amines is 1. The van der Waals surface area contributed by atoms with Gasteiger partial charge in [-0.3, -0.25) is 4.98 Å². The van der Waals surface area contributed by atoms with Gasteiger partial charge in [0.05, 0.1) is 0 Å². The van der Waals surface area contributed by atoms with Gasteiger partial charge in [0.1, 0.15) is 5.82 Å². The molecule has 0 aliphatic rings. The van der Waals surface area contributed by atoms with Gasteiger partial charge in [-0.2, -0.15) is 9.67 Å². The Bertz CT molecular complexity index is 778. The summed E-state index contributed by atoms with van der Waals surface area (Å²) in [6, 6.07) is 11.0. The van der Waals surface area contributed by atoms with Crippen LogP contribution < -0.4 is 16.7 Å². The highest BCUT2D eigenvalue weighted by molar-refractivity contribution is 5.54. The van der Waals surface area contributed by atoms with Gasteiger partial charge in [-0.25, -0.2) is 9.78 Å². The van der Waals surface area contributed by atoms with Crippen LogP contribution >= 0.6 is 0 Å². The number of aromatic nitrogens is 5. The average Bonchev–Trinajstić information content (AvgIpc) is 2.81. The Kier molecular flexibility index (Phi) is 2.88. The van der Waals surface area contributed by atoms with Gasteiger partial charge in [-0.05, 0) is 18.2 Å². The van der Waals surface area contributed by atoms with Crippen molar-refractivity contribution in [2.24, 2.45) is 0 Å². The second kappa shape index (κ2) is 4.84. The summed E-state index contributed by atoms with van der Waals surface area (Å²) in [6.45, 7) is 0. The van der Waals surface area contributed by atoms with E-state index < -0.39 is 5.69 Å². The van der Waals surface area contributed by atoms with Crippen molar-refractivity contribution >= 4 is 17.6 Å². The van der Waals surface area contributed by atoms with Gasteiger partial charge in [0, 0.05) is 11.9 Å². The molecule has 2 heterocycles. The topological polar surface area (TPSA) is 115 Å². The first-order valence-electron chi connectivity index (χ1n) is 5.83. The van der Waals surface area contributed by atoms with Crippen LogP contribution in [0.2, 0.25) is 0 Å². The molecule has 8 nitrogen and oxygen atoms in total. The Hall–Kier alpha value is -3.16. The van der Waals surface area contributed by atoms with Crippen LogP contribution in [0.15, 0.2) is 47.4 Å². The number of nitrogens with zero attached hydrogens (tertiary/aromatic N) is 4. The predicted octanol–water partition coefficient (Wildman–Crippen LogP) is 0.676. The van der Waals surface area contributed by atoms with E-state index >= 15 is 0 Å². The molecule has 0 atom stereocenters. The molecule has 3 aromatic rings. The fraction of sp³-hybridized carbons (Fsp3) is 0. The number of nitrogens with two attached hydrogens (primary N) is 1. The molecular weight excluding hydrogens is 258 g/mol. The summed E-state index contributed by atoms with van der Waals surface area (Å²) in [5, 5.41) is 7.21. The molecule has 0 fully saturated rings. The Morgan fingerprint density at radius 3 is 2.75 bits per heavy atom. The number of nitrogens with one attached hydrogen (secondary N) is 2. The number of H-pyrrole nitrogens is 1. The van der Waals surface area contributed by atoms with Crippen molar-refractivity contribution in [1.29, 1.82) is 0 Å². The SMILES string of the molecule is Nc1nc(Nc2ccccc2)nn1-c1ccnc(=O)[nH]1. The van der Waals surface area contributed by atoms with Gasteiger partial charge in [0.25, 0.3) is 0 Å². The van der Waals surface area contributed by atoms with E-state index in [0.29, 0.717) is 11.8 Å². The van der Waals surface area contributed by atoms with Crippen molar-refractivity contribution in [3.05, 3.63) is 53.1 Å². The van der Waals surface area contributed by atoms with Crippen LogP contribution in [0.25, 0.3) is 5.82 Å². The lowest BCUT2D eigenvalue weighted by Gasteiger charge is -2.01. The van der Waals surface area contributed by atoms with E-state index in [2.05, 4.69) is 25.4 Å². The van der Waals surface area contributed by atoms with Crippen LogP contribution in [-0.4, -0.2) is 24.7 Å². The molecule has 0 spiro atoms. The maximum Gasteiger partial charge on any atom is 0.346 e. The molecule has 0 unspecified atom stereocenters. The van der Waals surface area contributed by atoms with E-state index in [9.17, 15) is 4.79 Å². The van der Waals surface area contributed by atoms with Crippen molar-refractivity contribution < 1.29 is 0 Å². The van der Waals surface area contributed by atoms with Gasteiger partial charge in [-0.15, -0.1) is 5.10 Å². The number of hydrogen-bond donors (Lipinski definition) is 3. The molecule has 20 heavy (non-hydrogen) atoms. The van der Waals surface area contributed by atoms with Gasteiger partial charge in [0.15, 0.2) is 0 Å². The molecule has 0 radical (unpaired) electrons. The average molecular weight is 269 g/mol. The first kappa shape index (κ1) is 11.9. The Morgan fingerprint density at radius 2 is 2.00 bits per heavy atom. The Balaban J connectivity index is 1.93. The summed E-state index contributed by atoms with van der Waals surface area (Å²) in [5.41, 5.74) is 6.15. The second-order valence-electron chi connectivity index (χ2n) is 3.96. The minimum atomic E-state index is -0.477. The lowest BCUT2D eigenvalue weighted by atomic mass is 10.3. The van der Waals surface area contributed by atoms with Gasteiger partial charge in [-0.1, -0.05) is 18.2 Å². The molecule has 0 saturated heterocycles. The van der Waals surface area contributed by atoms with E-state index in [4.69, 9.17) is 5.73 Å². The molecular formula is C12H11N7O. The minimum absolute atomic E-state index is 0.158. The van der Waals surface area contributed by atoms with Crippen molar-refractivity contribution in [1.82, 2.24) is 24.7 Å². The standard InChI is InChI=1S/C12H11N7O/c13-10-17-11(15-8-4-2-1-3-5-8)18-19(10)9-6-7-14-12(20)16-9/h1-7H,(H,14,16,20)(H3,13,15,17,18). The smallest absolute Gasteiger partial charge is 0.346 e. The van der Waals surface area contributed by atoms with Crippen LogP contribution in [0, 0.1) is 0 Å². The largest absolute Gasteiger partial charge is 0.368 e. The van der Waals surface area contributed by atoms with Crippen LogP contribution in [-0.2, 0) is 0 Å². The quantitative estimate of drug-likeness (QED) is 0.644. The Morgan fingerprint density at radius 1 is 1.20 bits per heavy atom. The maximum atomic E-state index is 11.2. The van der Waals surface area contributed by atoms with Crippen molar-refractivity contribution in [3.8, 4) is 5.82 Å². The van der Waals surface area contributed by atoms with Crippen molar-refractivity contribution in [2.75, 3.05) is 11.1 Å². The third-order valence-electron chi connectivity index (χ3n) is 2.55. The van der Waals surface area contributed by atoms with Crippen LogP contribution in [0.1, 0.15) is 0 Å². The zero-order valence-corrected chi connectivity index (χ0v) is 10.3. The molecule has 3 rings (SSSR count). The number of anilines is 3. The molecule has 0 saturated carbocycles. The lowest BCUT2D eigenvalue weighted by Crippen LogP contribution is -2.14. The fourth-order valence-corrected chi connectivity index (χ4v) is 1.69. The maximum absolute atomic E-state index is 11.2. The molecule has 4 N–H and O–H groups in total. The van der Waals surface area contributed by atoms with Crippen molar-refractivity contribution in [3.63, 3.8) is 0 Å². The molecule has 2 aromatic heterocycles. The molecule has 0 bridgehead atoms. The minimum Gasteiger partial charge on any atom is -0.368 e. The highest BCUT2D eigenvalue weighted by Gasteiger charge is 2.09. The van der Waals surface area contributed by atoms with Crippen LogP contribution in [0.4, 0.5) is 17.6 Å². The number of hydrogen-bond acceptors (Lipinski definition) is 6. The van der Waals surface area contributed by atoms with Gasteiger partial charge in [0.2, 0.25) is 11.9 Å². The summed E-state index contributed by atoms with van der Waals surface area (Å²) in [7, 11) is 0.